The molecule has 16 aromatic rings. The van der Waals surface area contributed by atoms with Gasteiger partial charge in [0.15, 0.2) is 23.0 Å². The van der Waals surface area contributed by atoms with Gasteiger partial charge in [0.2, 0.25) is 23.1 Å². The van der Waals surface area contributed by atoms with Crippen molar-refractivity contribution in [3.05, 3.63) is 376 Å². The molecule has 4 N–H and O–H groups in total. The van der Waals surface area contributed by atoms with Gasteiger partial charge >= 0.3 is 0 Å². The number of rotatable bonds is 28. The highest BCUT2D eigenvalue weighted by molar-refractivity contribution is 7.22. The first-order valence-electron chi connectivity index (χ1n) is 39.5. The van der Waals surface area contributed by atoms with Crippen molar-refractivity contribution in [1.29, 1.82) is 0 Å². The molecule has 0 aliphatic rings. The van der Waals surface area contributed by atoms with Crippen molar-refractivity contribution in [2.45, 2.75) is 55.4 Å². The van der Waals surface area contributed by atoms with E-state index in [2.05, 4.69) is 18.9 Å². The number of ether oxygens (including phenoxy) is 8. The molecule has 20 nitrogen and oxygen atoms in total. The van der Waals surface area contributed by atoms with Crippen LogP contribution >= 0.6 is 45.3 Å². The molecular formula is C104H80O20S4. The predicted octanol–water partition coefficient (Wildman–Crippen LogP) is 25.6. The molecule has 0 aliphatic carbocycles. The van der Waals surface area contributed by atoms with Crippen LogP contribution in [0.25, 0.3) is 64.6 Å². The number of aromatic hydroxyl groups is 4. The van der Waals surface area contributed by atoms with E-state index in [0.717, 1.165) is 107 Å². The number of hydrogen-bond acceptors (Lipinski definition) is 24. The number of carbonyl (C=O) groups excluding carboxylic acids is 8. The van der Waals surface area contributed by atoms with Gasteiger partial charge in [-0.3, -0.25) is 38.4 Å². The van der Waals surface area contributed by atoms with Crippen LogP contribution in [0.4, 0.5) is 0 Å². The van der Waals surface area contributed by atoms with Crippen molar-refractivity contribution in [2.24, 2.45) is 0 Å². The highest BCUT2D eigenvalue weighted by Crippen LogP contribution is 2.48. The number of aryl methyl sites for hydroxylation is 8. The number of carbonyl (C=O) groups is 8. The SMILES string of the molecule is Cc1ccc(C(=O)c2sc3cc(O)ccc3c2Oc2ccc(/C=C/OC=O)cc2)c(C)c1.Cc1ccc(C(=O)c2sc3cc(O)ccc3c2Oc2ccc(/C=C/OC=O)cc2)c(C)c1.Cc1ccc(C(=O)c2sc3cc(O)ccc3c2Oc2ccc(/C=C/OC=O)cc2)cc1C.Cc1cccc(C)c1C(=O)c1sc2cc(O)ccc2c1Oc1ccc(/C=C/OC=O)cc1. The third kappa shape index (κ3) is 21.9. The topological polar surface area (TPSA) is 291 Å². The van der Waals surface area contributed by atoms with Crippen LogP contribution in [0, 0.1) is 55.4 Å². The Morgan fingerprint density at radius 1 is 0.273 bits per heavy atom. The Balaban J connectivity index is 0.000000146. The predicted molar refractivity (Wildman–Crippen MR) is 502 cm³/mol. The summed E-state index contributed by atoms with van der Waals surface area (Å²) in [6, 6.07) is 71.4. The van der Waals surface area contributed by atoms with Gasteiger partial charge in [-0.05, 0) is 263 Å². The molecule has 128 heavy (non-hydrogen) atoms. The van der Waals surface area contributed by atoms with Crippen LogP contribution in [0.1, 0.15) is 128 Å². The van der Waals surface area contributed by atoms with Gasteiger partial charge in [-0.25, -0.2) is 0 Å². The zero-order valence-corrected chi connectivity index (χ0v) is 73.2. The van der Waals surface area contributed by atoms with Gasteiger partial charge in [-0.2, -0.15) is 0 Å². The van der Waals surface area contributed by atoms with E-state index in [-0.39, 0.29) is 46.1 Å². The Labute approximate surface area is 751 Å². The van der Waals surface area contributed by atoms with Gasteiger partial charge in [0.05, 0.1) is 25.0 Å². The average Bonchev–Trinajstić information content (AvgIpc) is 1.63. The van der Waals surface area contributed by atoms with Crippen LogP contribution in [0.5, 0.6) is 69.0 Å². The standard InChI is InChI=1S/4C26H20O5S/c2*1-16-3-9-21(17(2)13-16)24(29)26-25(22-10-6-19(28)14-23(22)32-26)31-20-7-4-18(5-8-20)11-12-30-15-27;1-16-3-6-19(13-17(16)2)24(29)26-25(22-10-7-20(28)14-23(22)32-26)31-21-8-4-18(5-9-21)11-12-30-15-27;1-16-4-3-5-17(2)23(16)24(29)26-25(21-11-8-19(28)14-22(21)32-26)31-20-9-6-18(7-10-20)12-13-30-15-27/h4*3-15,28H,1-2H3/b3*12-11+;13-12+. The monoisotopic (exact) mass is 1780 g/mol. The minimum Gasteiger partial charge on any atom is -0.508 e. The molecule has 0 fully saturated rings. The molecule has 12 aromatic carbocycles. The second kappa shape index (κ2) is 41.7. The Morgan fingerprint density at radius 3 is 0.844 bits per heavy atom. The van der Waals surface area contributed by atoms with Gasteiger partial charge in [0.25, 0.3) is 25.9 Å². The first-order valence-corrected chi connectivity index (χ1v) is 42.8. The summed E-state index contributed by atoms with van der Waals surface area (Å²) >= 11 is 5.18. The first-order chi connectivity index (χ1) is 61.8. The summed E-state index contributed by atoms with van der Waals surface area (Å²) in [6.07, 6.45) is 11.8. The molecule has 4 aromatic heterocycles. The molecule has 16 rings (SSSR count). The van der Waals surface area contributed by atoms with Crippen molar-refractivity contribution < 1.29 is 96.7 Å². The second-order valence-corrected chi connectivity index (χ2v) is 33.3. The van der Waals surface area contributed by atoms with E-state index in [1.54, 1.807) is 146 Å². The van der Waals surface area contributed by atoms with E-state index in [4.69, 9.17) is 18.9 Å². The molecular weight excluding hydrogens is 1700 g/mol. The van der Waals surface area contributed by atoms with E-state index < -0.39 is 0 Å². The normalized spacial score (nSPS) is 11.1. The molecule has 24 heteroatoms. The van der Waals surface area contributed by atoms with Gasteiger partial charge in [-0.1, -0.05) is 126 Å². The summed E-state index contributed by atoms with van der Waals surface area (Å²) in [4.78, 5) is 96.8. The number of phenols is 4. The molecule has 0 atom stereocenters. The van der Waals surface area contributed by atoms with Crippen LogP contribution in [0.3, 0.4) is 0 Å². The lowest BCUT2D eigenvalue weighted by Crippen LogP contribution is -2.05. The van der Waals surface area contributed by atoms with Crippen molar-refractivity contribution in [2.75, 3.05) is 0 Å². The van der Waals surface area contributed by atoms with Gasteiger partial charge < -0.3 is 58.3 Å². The van der Waals surface area contributed by atoms with Gasteiger partial charge in [0, 0.05) is 62.6 Å². The fraction of sp³-hybridized carbons (Fsp3) is 0.0769. The molecule has 0 spiro atoms. The molecule has 0 radical (unpaired) electrons. The summed E-state index contributed by atoms with van der Waals surface area (Å²) in [6.45, 7) is 17.0. The fourth-order valence-electron chi connectivity index (χ4n) is 13.6. The number of ketones is 4. The maximum absolute atomic E-state index is 13.6. The van der Waals surface area contributed by atoms with Crippen LogP contribution in [-0.2, 0) is 38.1 Å². The zero-order chi connectivity index (χ0) is 90.7. The number of thiophene rings is 4. The highest BCUT2D eigenvalue weighted by atomic mass is 32.1. The minimum absolute atomic E-state index is 0.109. The minimum atomic E-state index is -0.130. The Kier molecular flexibility index (Phi) is 29.4. The summed E-state index contributed by atoms with van der Waals surface area (Å²) in [5.74, 6) is 4.10. The van der Waals surface area contributed by atoms with E-state index >= 15 is 0 Å². The molecule has 0 amide bonds. The van der Waals surface area contributed by atoms with Crippen molar-refractivity contribution in [1.82, 2.24) is 0 Å². The molecule has 0 saturated heterocycles. The smallest absolute Gasteiger partial charge is 0.297 e. The van der Waals surface area contributed by atoms with E-state index in [1.165, 1.54) is 70.4 Å². The Hall–Kier alpha value is -15.6. The van der Waals surface area contributed by atoms with Crippen LogP contribution < -0.4 is 18.9 Å². The van der Waals surface area contributed by atoms with Crippen molar-refractivity contribution in [3.8, 4) is 69.0 Å². The molecule has 0 bridgehead atoms. The van der Waals surface area contributed by atoms with Crippen LogP contribution in [0.2, 0.25) is 0 Å². The largest absolute Gasteiger partial charge is 0.508 e. The molecule has 0 unspecified atom stereocenters. The molecule has 0 aliphatic heterocycles. The number of fused-ring (bicyclic) bond motifs is 4. The van der Waals surface area contributed by atoms with Crippen LogP contribution in [-0.4, -0.2) is 69.4 Å². The quantitative estimate of drug-likeness (QED) is 0.0153. The Morgan fingerprint density at radius 2 is 0.562 bits per heavy atom. The number of benzene rings is 12. The number of phenolic OH excluding ortho intramolecular Hbond substituents is 4. The third-order valence-corrected chi connectivity index (χ3v) is 24.6. The van der Waals surface area contributed by atoms with E-state index in [1.807, 2.05) is 177 Å². The first kappa shape index (κ1) is 90.1. The summed E-state index contributed by atoms with van der Waals surface area (Å²) in [5.41, 5.74) is 13.7. The second-order valence-electron chi connectivity index (χ2n) is 29.1. The molecule has 0 saturated carbocycles. The number of hydrogen-bond donors (Lipinski definition) is 4. The van der Waals surface area contributed by atoms with Crippen LogP contribution in [0.15, 0.2) is 268 Å². The van der Waals surface area contributed by atoms with Crippen molar-refractivity contribution >= 4 is 159 Å². The maximum Gasteiger partial charge on any atom is 0.297 e. The van der Waals surface area contributed by atoms with Crippen molar-refractivity contribution in [3.63, 3.8) is 0 Å². The molecule has 640 valence electrons. The van der Waals surface area contributed by atoms with Gasteiger partial charge in [0.1, 0.15) is 65.5 Å². The summed E-state index contributed by atoms with van der Waals surface area (Å²) in [7, 11) is 0. The fourth-order valence-corrected chi connectivity index (χ4v) is 18.1. The third-order valence-electron chi connectivity index (χ3n) is 20.0. The molecule has 4 heterocycles. The zero-order valence-electron chi connectivity index (χ0n) is 70.0. The average molecular weight is 1780 g/mol. The summed E-state index contributed by atoms with van der Waals surface area (Å²) in [5, 5.41) is 42.7. The lowest BCUT2D eigenvalue weighted by Gasteiger charge is -2.11. The lowest BCUT2D eigenvalue weighted by molar-refractivity contribution is -0.124. The highest BCUT2D eigenvalue weighted by Gasteiger charge is 2.29. The maximum atomic E-state index is 13.6. The lowest BCUT2D eigenvalue weighted by atomic mass is 9.98. The van der Waals surface area contributed by atoms with E-state index in [0.29, 0.717) is 114 Å². The Bertz CT molecular complexity index is 6770. The van der Waals surface area contributed by atoms with E-state index in [9.17, 15) is 58.8 Å². The summed E-state index contributed by atoms with van der Waals surface area (Å²) < 4.78 is 46.1. The van der Waals surface area contributed by atoms with Gasteiger partial charge in [-0.15, -0.1) is 45.3 Å².